The van der Waals surface area contributed by atoms with E-state index in [2.05, 4.69) is 20.3 Å². The number of aromatic nitrogens is 2. The van der Waals surface area contributed by atoms with Crippen molar-refractivity contribution in [3.05, 3.63) is 48.0 Å². The van der Waals surface area contributed by atoms with Gasteiger partial charge in [-0.25, -0.2) is 8.42 Å². The average Bonchev–Trinajstić information content (AvgIpc) is 3.32. The molecular weight excluding hydrogens is 528 g/mol. The van der Waals surface area contributed by atoms with Gasteiger partial charge in [0.1, 0.15) is 6.54 Å². The van der Waals surface area contributed by atoms with Crippen LogP contribution < -0.4 is 19.1 Å². The molecule has 0 fully saturated rings. The number of nitrogens with one attached hydrogen (secondary N) is 1. The molecule has 2 aromatic carbocycles. The number of carbonyl (C=O) groups is 2. The fraction of sp³-hybridized carbons (Fsp3) is 0.273. The zero-order valence-electron chi connectivity index (χ0n) is 19.9. The fourth-order valence-corrected chi connectivity index (χ4v) is 5.93. The van der Waals surface area contributed by atoms with Gasteiger partial charge >= 0.3 is 5.97 Å². The molecule has 0 spiro atoms. The minimum Gasteiger partial charge on any atom is -0.493 e. The van der Waals surface area contributed by atoms with Gasteiger partial charge < -0.3 is 14.2 Å². The summed E-state index contributed by atoms with van der Waals surface area (Å²) in [6.45, 7) is 1.30. The van der Waals surface area contributed by atoms with Gasteiger partial charge in [-0.3, -0.25) is 19.2 Å². The number of hydrogen-bond donors (Lipinski definition) is 1. The maximum absolute atomic E-state index is 13.6. The molecule has 0 atom stereocenters. The van der Waals surface area contributed by atoms with Gasteiger partial charge in [-0.05, 0) is 31.2 Å². The first-order valence-electron chi connectivity index (χ1n) is 10.3. The molecule has 0 aliphatic rings. The summed E-state index contributed by atoms with van der Waals surface area (Å²) in [5, 5.41) is 10.5. The van der Waals surface area contributed by atoms with Gasteiger partial charge in [0.15, 0.2) is 15.8 Å². The van der Waals surface area contributed by atoms with Gasteiger partial charge in [0.25, 0.3) is 10.0 Å². The van der Waals surface area contributed by atoms with Crippen molar-refractivity contribution in [1.29, 1.82) is 0 Å². The summed E-state index contributed by atoms with van der Waals surface area (Å²) in [6, 6.07) is 10.9. The normalized spacial score (nSPS) is 11.0. The Labute approximate surface area is 216 Å². The lowest BCUT2D eigenvalue weighted by molar-refractivity contribution is -0.137. The molecular formula is C22H24N4O7S3. The monoisotopic (exact) mass is 552 g/mol. The molecule has 36 heavy (non-hydrogen) atoms. The van der Waals surface area contributed by atoms with E-state index in [4.69, 9.17) is 9.47 Å². The fourth-order valence-electron chi connectivity index (χ4n) is 2.92. The van der Waals surface area contributed by atoms with E-state index in [1.807, 2.05) is 6.92 Å². The highest BCUT2D eigenvalue weighted by Gasteiger charge is 2.28. The van der Waals surface area contributed by atoms with E-state index >= 15 is 0 Å². The van der Waals surface area contributed by atoms with Crippen LogP contribution in [0.1, 0.15) is 5.56 Å². The van der Waals surface area contributed by atoms with Crippen LogP contribution in [-0.4, -0.2) is 64.1 Å². The van der Waals surface area contributed by atoms with Crippen molar-refractivity contribution in [3.63, 3.8) is 0 Å². The number of nitrogens with zero attached hydrogens (tertiary/aromatic N) is 3. The van der Waals surface area contributed by atoms with E-state index in [0.717, 1.165) is 33.0 Å². The molecule has 0 unspecified atom stereocenters. The quantitative estimate of drug-likeness (QED) is 0.215. The zero-order chi connectivity index (χ0) is 26.3. The molecule has 3 aromatic rings. The van der Waals surface area contributed by atoms with E-state index in [9.17, 15) is 18.0 Å². The molecule has 1 N–H and O–H groups in total. The minimum absolute atomic E-state index is 0.0214. The Morgan fingerprint density at radius 2 is 1.72 bits per heavy atom. The summed E-state index contributed by atoms with van der Waals surface area (Å²) in [7, 11) is 0.0434. The first-order chi connectivity index (χ1) is 17.2. The topological polar surface area (TPSA) is 137 Å². The maximum Gasteiger partial charge on any atom is 0.316 e. The predicted octanol–water partition coefficient (Wildman–Crippen LogP) is 2.96. The summed E-state index contributed by atoms with van der Waals surface area (Å²) >= 11 is 2.16. The van der Waals surface area contributed by atoms with Crippen molar-refractivity contribution in [2.45, 2.75) is 16.2 Å². The Hall–Kier alpha value is -3.36. The molecule has 0 bridgehead atoms. The van der Waals surface area contributed by atoms with Crippen molar-refractivity contribution >= 4 is 55.8 Å². The largest absolute Gasteiger partial charge is 0.493 e. The van der Waals surface area contributed by atoms with Gasteiger partial charge in [0, 0.05) is 6.07 Å². The third-order valence-corrected chi connectivity index (χ3v) is 8.48. The summed E-state index contributed by atoms with van der Waals surface area (Å²) < 4.78 is 43.7. The number of sulfonamides is 1. The number of aryl methyl sites for hydroxylation is 1. The average molecular weight is 553 g/mol. The highest BCUT2D eigenvalue weighted by atomic mass is 32.2. The lowest BCUT2D eigenvalue weighted by atomic mass is 10.2. The van der Waals surface area contributed by atoms with Crippen molar-refractivity contribution in [3.8, 4) is 11.5 Å². The van der Waals surface area contributed by atoms with E-state index in [0.29, 0.717) is 15.8 Å². The molecule has 0 saturated heterocycles. The number of rotatable bonds is 11. The summed E-state index contributed by atoms with van der Waals surface area (Å²) in [5.41, 5.74) is 1.09. The second-order valence-corrected chi connectivity index (χ2v) is 11.2. The highest BCUT2D eigenvalue weighted by molar-refractivity contribution is 8.01. The second kappa shape index (κ2) is 12.1. The number of ether oxygens (including phenoxy) is 3. The Bertz CT molecular complexity index is 1330. The first-order valence-corrected chi connectivity index (χ1v) is 13.6. The number of amides is 1. The van der Waals surface area contributed by atoms with Crippen LogP contribution in [0.4, 0.5) is 10.8 Å². The Morgan fingerprint density at radius 1 is 1.03 bits per heavy atom. The number of thioether (sulfide) groups is 1. The Morgan fingerprint density at radius 3 is 2.36 bits per heavy atom. The lowest BCUT2D eigenvalue weighted by Crippen LogP contribution is -2.38. The number of anilines is 2. The number of carbonyl (C=O) groups excluding carboxylic acids is 2. The number of esters is 1. The van der Waals surface area contributed by atoms with Crippen LogP contribution in [0.3, 0.4) is 0 Å². The summed E-state index contributed by atoms with van der Waals surface area (Å²) in [5.74, 6) is -0.310. The maximum atomic E-state index is 13.6. The standard InChI is InChI=1S/C22H24N4O7S3/c1-14-5-8-16(9-6-14)36(29,30)26(15-7-10-17(31-2)18(11-15)32-3)12-19(27)23-21-24-25-22(35-21)34-13-20(28)33-4/h5-11H,12-13H2,1-4H3,(H,23,24,27). The molecule has 192 valence electrons. The van der Waals surface area contributed by atoms with E-state index in [1.54, 1.807) is 18.2 Å². The first kappa shape index (κ1) is 27.2. The van der Waals surface area contributed by atoms with E-state index in [1.165, 1.54) is 45.6 Å². The van der Waals surface area contributed by atoms with Crippen LogP contribution in [-0.2, 0) is 24.3 Å². The van der Waals surface area contributed by atoms with Crippen molar-refractivity contribution in [1.82, 2.24) is 10.2 Å². The molecule has 14 heteroatoms. The molecule has 0 aliphatic heterocycles. The third-order valence-electron chi connectivity index (χ3n) is 4.75. The van der Waals surface area contributed by atoms with E-state index in [-0.39, 0.29) is 21.5 Å². The zero-order valence-corrected chi connectivity index (χ0v) is 22.3. The smallest absolute Gasteiger partial charge is 0.316 e. The summed E-state index contributed by atoms with van der Waals surface area (Å²) in [4.78, 5) is 24.2. The lowest BCUT2D eigenvalue weighted by Gasteiger charge is -2.24. The van der Waals surface area contributed by atoms with Gasteiger partial charge in [-0.15, -0.1) is 10.2 Å². The van der Waals surface area contributed by atoms with Gasteiger partial charge in [0.05, 0.1) is 37.7 Å². The van der Waals surface area contributed by atoms with Crippen LogP contribution in [0, 0.1) is 6.92 Å². The molecule has 1 amide bonds. The van der Waals surface area contributed by atoms with Gasteiger partial charge in [-0.2, -0.15) is 0 Å². The SMILES string of the molecule is COC(=O)CSc1nnc(NC(=O)CN(c2ccc(OC)c(OC)c2)S(=O)(=O)c2ccc(C)cc2)s1. The van der Waals surface area contributed by atoms with Crippen LogP contribution in [0.5, 0.6) is 11.5 Å². The van der Waals surface area contributed by atoms with Crippen LogP contribution in [0.15, 0.2) is 51.7 Å². The Balaban J connectivity index is 1.88. The number of hydrogen-bond acceptors (Lipinski definition) is 11. The molecule has 11 nitrogen and oxygen atoms in total. The molecule has 1 heterocycles. The summed E-state index contributed by atoms with van der Waals surface area (Å²) in [6.07, 6.45) is 0. The third kappa shape index (κ3) is 6.65. The number of methoxy groups -OCH3 is 3. The predicted molar refractivity (Wildman–Crippen MR) is 137 cm³/mol. The molecule has 0 saturated carbocycles. The minimum atomic E-state index is -4.13. The second-order valence-electron chi connectivity index (χ2n) is 7.15. The molecule has 3 rings (SSSR count). The van der Waals surface area contributed by atoms with E-state index < -0.39 is 28.4 Å². The van der Waals surface area contributed by atoms with Gasteiger partial charge in [0.2, 0.25) is 11.0 Å². The van der Waals surface area contributed by atoms with Crippen molar-refractivity contribution < 1.29 is 32.2 Å². The van der Waals surface area contributed by atoms with Crippen LogP contribution >= 0.6 is 23.1 Å². The van der Waals surface area contributed by atoms with Crippen LogP contribution in [0.2, 0.25) is 0 Å². The van der Waals surface area contributed by atoms with Crippen molar-refractivity contribution in [2.75, 3.05) is 43.2 Å². The Kier molecular flexibility index (Phi) is 9.12. The van der Waals surface area contributed by atoms with Crippen molar-refractivity contribution in [2.24, 2.45) is 0 Å². The molecule has 0 radical (unpaired) electrons. The molecule has 1 aromatic heterocycles. The van der Waals surface area contributed by atoms with Crippen LogP contribution in [0.25, 0.3) is 0 Å². The van der Waals surface area contributed by atoms with Gasteiger partial charge in [-0.1, -0.05) is 40.8 Å². The highest BCUT2D eigenvalue weighted by Crippen LogP contribution is 2.34. The molecule has 0 aliphatic carbocycles. The number of benzene rings is 2.